The zero-order valence-electron chi connectivity index (χ0n) is 14.1. The van der Waals surface area contributed by atoms with E-state index in [4.69, 9.17) is 0 Å². The van der Waals surface area contributed by atoms with Crippen LogP contribution in [0.2, 0.25) is 0 Å². The first-order chi connectivity index (χ1) is 10.6. The van der Waals surface area contributed by atoms with Gasteiger partial charge < -0.3 is 5.32 Å². The normalized spacial score (nSPS) is 30.9. The third kappa shape index (κ3) is 3.02. The Hall–Kier alpha value is -1.06. The Balaban J connectivity index is 1.66. The zero-order valence-corrected chi connectivity index (χ0v) is 14.1. The molecule has 3 amide bonds. The van der Waals surface area contributed by atoms with Gasteiger partial charge in [-0.05, 0) is 49.9 Å². The van der Waals surface area contributed by atoms with Gasteiger partial charge in [0.25, 0.3) is 0 Å². The number of hydrogen-bond donors (Lipinski definition) is 1. The van der Waals surface area contributed by atoms with Crippen molar-refractivity contribution in [3.8, 4) is 0 Å². The molecule has 124 valence electrons. The maximum Gasteiger partial charge on any atom is 0.324 e. The lowest BCUT2D eigenvalue weighted by atomic mass is 9.74. The quantitative estimate of drug-likeness (QED) is 0.813. The van der Waals surface area contributed by atoms with Gasteiger partial charge in [0.2, 0.25) is 5.91 Å². The molecule has 22 heavy (non-hydrogen) atoms. The van der Waals surface area contributed by atoms with Crippen LogP contribution in [0.15, 0.2) is 0 Å². The molecule has 0 bridgehead atoms. The minimum absolute atomic E-state index is 0.0395. The fraction of sp³-hybridized carbons (Fsp3) is 0.889. The molecule has 2 aliphatic carbocycles. The summed E-state index contributed by atoms with van der Waals surface area (Å²) in [5.74, 6) is 0.594. The number of nitrogens with one attached hydrogen (secondary N) is 1. The summed E-state index contributed by atoms with van der Waals surface area (Å²) in [6, 6.07) is -0.0499. The van der Waals surface area contributed by atoms with Gasteiger partial charge in [-0.25, -0.2) is 4.79 Å². The van der Waals surface area contributed by atoms with Gasteiger partial charge in [0.15, 0.2) is 0 Å². The van der Waals surface area contributed by atoms with Crippen LogP contribution in [0.4, 0.5) is 4.79 Å². The lowest BCUT2D eigenvalue weighted by molar-refractivity contribution is -0.138. The predicted octanol–water partition coefficient (Wildman–Crippen LogP) is 3.70. The van der Waals surface area contributed by atoms with E-state index in [2.05, 4.69) is 19.2 Å². The third-order valence-electron chi connectivity index (χ3n) is 6.20. The first kappa shape index (κ1) is 15.8. The van der Waals surface area contributed by atoms with Crippen molar-refractivity contribution in [1.82, 2.24) is 10.2 Å². The maximum absolute atomic E-state index is 12.9. The highest BCUT2D eigenvalue weighted by atomic mass is 16.2. The molecular formula is C18H30N2O2. The molecule has 1 N–H and O–H groups in total. The van der Waals surface area contributed by atoms with Crippen molar-refractivity contribution in [2.24, 2.45) is 17.3 Å². The Morgan fingerprint density at radius 3 is 2.68 bits per heavy atom. The number of carbonyl (C=O) groups excluding carboxylic acids is 2. The molecule has 1 heterocycles. The molecule has 3 aliphatic rings. The number of rotatable bonds is 6. The Labute approximate surface area is 134 Å². The van der Waals surface area contributed by atoms with Crippen molar-refractivity contribution in [1.29, 1.82) is 0 Å². The number of urea groups is 1. The number of carbonyl (C=O) groups is 2. The van der Waals surface area contributed by atoms with Crippen LogP contribution in [0.3, 0.4) is 0 Å². The Bertz CT molecular complexity index is 444. The van der Waals surface area contributed by atoms with Crippen molar-refractivity contribution in [2.75, 3.05) is 6.54 Å². The van der Waals surface area contributed by atoms with Crippen LogP contribution >= 0.6 is 0 Å². The van der Waals surface area contributed by atoms with Crippen LogP contribution in [0.1, 0.15) is 71.6 Å². The van der Waals surface area contributed by atoms with E-state index in [9.17, 15) is 9.59 Å². The minimum Gasteiger partial charge on any atom is -0.334 e. The molecule has 1 unspecified atom stereocenters. The summed E-state index contributed by atoms with van der Waals surface area (Å²) in [7, 11) is 0. The van der Waals surface area contributed by atoms with E-state index >= 15 is 0 Å². The van der Waals surface area contributed by atoms with Crippen molar-refractivity contribution in [3.63, 3.8) is 0 Å². The number of fused-ring (bicyclic) bond motifs is 1. The van der Waals surface area contributed by atoms with Gasteiger partial charge in [0.1, 0.15) is 0 Å². The summed E-state index contributed by atoms with van der Waals surface area (Å²) in [4.78, 5) is 26.8. The molecular weight excluding hydrogens is 276 g/mol. The Kier molecular flexibility index (Phi) is 4.47. The van der Waals surface area contributed by atoms with Crippen molar-refractivity contribution < 1.29 is 9.59 Å². The summed E-state index contributed by atoms with van der Waals surface area (Å²) in [5, 5.41) is 3.12. The zero-order chi connectivity index (χ0) is 15.7. The number of hydrogen-bond acceptors (Lipinski definition) is 2. The minimum atomic E-state index is -0.145. The Morgan fingerprint density at radius 2 is 2.05 bits per heavy atom. The SMILES string of the molecule is CCCCC(CC)CN1C(=O)N[C@@H]2CCC3(CC3)C[C@@H]2C1=O. The Morgan fingerprint density at radius 1 is 1.27 bits per heavy atom. The molecule has 3 fully saturated rings. The highest BCUT2D eigenvalue weighted by Crippen LogP contribution is 2.58. The average molecular weight is 306 g/mol. The monoisotopic (exact) mass is 306 g/mol. The summed E-state index contributed by atoms with van der Waals surface area (Å²) < 4.78 is 0. The van der Waals surface area contributed by atoms with Crippen LogP contribution in [-0.4, -0.2) is 29.4 Å². The molecule has 1 saturated heterocycles. The van der Waals surface area contributed by atoms with E-state index in [0.29, 0.717) is 17.9 Å². The number of nitrogens with zero attached hydrogens (tertiary/aromatic N) is 1. The highest BCUT2D eigenvalue weighted by molar-refractivity contribution is 5.98. The van der Waals surface area contributed by atoms with Gasteiger partial charge in [-0.3, -0.25) is 9.69 Å². The lowest BCUT2D eigenvalue weighted by Crippen LogP contribution is -2.62. The fourth-order valence-corrected chi connectivity index (χ4v) is 4.32. The molecule has 0 aromatic carbocycles. The molecule has 0 radical (unpaired) electrons. The standard InChI is InChI=1S/C18H30N2O2/c1-3-5-6-13(4-2)12-20-16(21)14-11-18(9-10-18)8-7-15(14)19-17(20)22/h13-15H,3-12H2,1-2H3,(H,19,22)/t13?,14-,15+/m0/s1. The maximum atomic E-state index is 12.9. The molecule has 1 spiro atoms. The van der Waals surface area contributed by atoms with Crippen LogP contribution in [0.5, 0.6) is 0 Å². The van der Waals surface area contributed by atoms with Crippen LogP contribution in [0, 0.1) is 17.3 Å². The van der Waals surface area contributed by atoms with E-state index in [-0.39, 0.29) is 23.9 Å². The topological polar surface area (TPSA) is 49.4 Å². The molecule has 2 saturated carbocycles. The van der Waals surface area contributed by atoms with E-state index in [1.54, 1.807) is 0 Å². The second-order valence-corrected chi connectivity index (χ2v) is 7.77. The van der Waals surface area contributed by atoms with E-state index in [1.165, 1.54) is 37.0 Å². The first-order valence-corrected chi connectivity index (χ1v) is 9.20. The second kappa shape index (κ2) is 6.21. The molecule has 3 atom stereocenters. The third-order valence-corrected chi connectivity index (χ3v) is 6.20. The first-order valence-electron chi connectivity index (χ1n) is 9.20. The molecule has 1 aliphatic heterocycles. The molecule has 4 heteroatoms. The summed E-state index contributed by atoms with van der Waals surface area (Å²) >= 11 is 0. The number of unbranched alkanes of at least 4 members (excludes halogenated alkanes) is 1. The number of imide groups is 1. The summed E-state index contributed by atoms with van der Waals surface area (Å²) in [6.45, 7) is 4.96. The fourth-order valence-electron chi connectivity index (χ4n) is 4.32. The largest absolute Gasteiger partial charge is 0.334 e. The van der Waals surface area contributed by atoms with Crippen molar-refractivity contribution >= 4 is 11.9 Å². The molecule has 4 nitrogen and oxygen atoms in total. The smallest absolute Gasteiger partial charge is 0.324 e. The van der Waals surface area contributed by atoms with Crippen molar-refractivity contribution in [2.45, 2.75) is 77.7 Å². The van der Waals surface area contributed by atoms with Gasteiger partial charge in [0.05, 0.1) is 5.92 Å². The lowest BCUT2D eigenvalue weighted by Gasteiger charge is -2.43. The van der Waals surface area contributed by atoms with Gasteiger partial charge in [-0.15, -0.1) is 0 Å². The van der Waals surface area contributed by atoms with E-state index in [1.807, 2.05) is 0 Å². The van der Waals surface area contributed by atoms with Crippen LogP contribution in [-0.2, 0) is 4.79 Å². The second-order valence-electron chi connectivity index (χ2n) is 7.77. The summed E-state index contributed by atoms with van der Waals surface area (Å²) in [5.41, 5.74) is 0.455. The van der Waals surface area contributed by atoms with E-state index < -0.39 is 0 Å². The van der Waals surface area contributed by atoms with Crippen LogP contribution < -0.4 is 5.32 Å². The van der Waals surface area contributed by atoms with Gasteiger partial charge in [0, 0.05) is 12.6 Å². The molecule has 0 aromatic rings. The summed E-state index contributed by atoms with van der Waals surface area (Å²) in [6.07, 6.45) is 10.2. The molecule has 3 rings (SSSR count). The van der Waals surface area contributed by atoms with Crippen LogP contribution in [0.25, 0.3) is 0 Å². The van der Waals surface area contributed by atoms with E-state index in [0.717, 1.165) is 25.7 Å². The van der Waals surface area contributed by atoms with Gasteiger partial charge >= 0.3 is 6.03 Å². The average Bonchev–Trinajstić information content (AvgIpc) is 3.27. The molecule has 0 aromatic heterocycles. The highest BCUT2D eigenvalue weighted by Gasteiger charge is 2.53. The predicted molar refractivity (Wildman–Crippen MR) is 86.3 cm³/mol. The van der Waals surface area contributed by atoms with Gasteiger partial charge in [-0.1, -0.05) is 33.1 Å². The van der Waals surface area contributed by atoms with Gasteiger partial charge in [-0.2, -0.15) is 0 Å². The number of amides is 3. The van der Waals surface area contributed by atoms with Crippen molar-refractivity contribution in [3.05, 3.63) is 0 Å².